The third-order valence-corrected chi connectivity index (χ3v) is 6.58. The lowest BCUT2D eigenvalue weighted by Crippen LogP contribution is -2.34. The molecule has 1 fully saturated rings. The number of hydrogen-bond acceptors (Lipinski definition) is 10. The largest absolute Gasteiger partial charge is 0.495 e. The highest BCUT2D eigenvalue weighted by atomic mass is 32.2. The molecule has 1 aliphatic heterocycles. The maximum Gasteiger partial charge on any atom is 0.227 e. The second-order valence-electron chi connectivity index (χ2n) is 8.22. The van der Waals surface area contributed by atoms with Crippen LogP contribution in [0.2, 0.25) is 0 Å². The summed E-state index contributed by atoms with van der Waals surface area (Å²) >= 11 is 1.46. The van der Waals surface area contributed by atoms with E-state index in [2.05, 4.69) is 31.4 Å². The topological polar surface area (TPSA) is 124 Å². The summed E-state index contributed by atoms with van der Waals surface area (Å²) in [4.78, 5) is 9.93. The Morgan fingerprint density at radius 1 is 1.17 bits per heavy atom. The van der Waals surface area contributed by atoms with E-state index >= 15 is 0 Å². The Hall–Kier alpha value is -3.36. The van der Waals surface area contributed by atoms with E-state index in [1.165, 1.54) is 11.9 Å². The molecular formula is C26H30N6O3S. The molecule has 0 amide bonds. The SMILES string of the molecule is COc1cc(Nc2nccc(-c3ccc(OC4CCNCC4)c(C#N)c3)n2)ccc1SNCCCO. The van der Waals surface area contributed by atoms with E-state index in [-0.39, 0.29) is 12.7 Å². The van der Waals surface area contributed by atoms with Crippen LogP contribution in [0.5, 0.6) is 11.5 Å². The maximum absolute atomic E-state index is 9.70. The highest BCUT2D eigenvalue weighted by Gasteiger charge is 2.17. The van der Waals surface area contributed by atoms with Gasteiger partial charge in [0.1, 0.15) is 23.7 Å². The molecule has 0 spiro atoms. The first-order chi connectivity index (χ1) is 17.7. The van der Waals surface area contributed by atoms with Crippen LogP contribution in [-0.4, -0.2) is 54.5 Å². The summed E-state index contributed by atoms with van der Waals surface area (Å²) in [5.41, 5.74) is 2.79. The van der Waals surface area contributed by atoms with Crippen LogP contribution >= 0.6 is 11.9 Å². The zero-order valence-corrected chi connectivity index (χ0v) is 21.0. The molecule has 1 aliphatic rings. The molecule has 2 aromatic carbocycles. The smallest absolute Gasteiger partial charge is 0.227 e. The molecule has 0 unspecified atom stereocenters. The van der Waals surface area contributed by atoms with Crippen molar-refractivity contribution in [3.8, 4) is 28.8 Å². The van der Waals surface area contributed by atoms with Crippen molar-refractivity contribution >= 4 is 23.6 Å². The highest BCUT2D eigenvalue weighted by Crippen LogP contribution is 2.32. The zero-order chi connectivity index (χ0) is 25.2. The van der Waals surface area contributed by atoms with Crippen molar-refractivity contribution < 1.29 is 14.6 Å². The van der Waals surface area contributed by atoms with E-state index in [0.717, 1.165) is 42.1 Å². The van der Waals surface area contributed by atoms with Gasteiger partial charge in [-0.3, -0.25) is 4.72 Å². The van der Waals surface area contributed by atoms with Crippen molar-refractivity contribution in [3.05, 3.63) is 54.2 Å². The van der Waals surface area contributed by atoms with E-state index in [0.29, 0.717) is 41.7 Å². The van der Waals surface area contributed by atoms with Gasteiger partial charge in [-0.25, -0.2) is 9.97 Å². The van der Waals surface area contributed by atoms with Crippen molar-refractivity contribution in [1.29, 1.82) is 5.26 Å². The van der Waals surface area contributed by atoms with Gasteiger partial charge >= 0.3 is 0 Å². The number of aliphatic hydroxyl groups excluding tert-OH is 1. The van der Waals surface area contributed by atoms with Crippen molar-refractivity contribution in [2.24, 2.45) is 0 Å². The summed E-state index contributed by atoms with van der Waals surface area (Å²) in [5, 5.41) is 25.2. The first-order valence-electron chi connectivity index (χ1n) is 11.9. The Morgan fingerprint density at radius 2 is 2.03 bits per heavy atom. The number of methoxy groups -OCH3 is 1. The van der Waals surface area contributed by atoms with E-state index in [1.54, 1.807) is 19.4 Å². The van der Waals surface area contributed by atoms with Gasteiger partial charge in [0.05, 0.1) is 23.3 Å². The average molecular weight is 507 g/mol. The van der Waals surface area contributed by atoms with Crippen molar-refractivity contribution in [1.82, 2.24) is 20.0 Å². The van der Waals surface area contributed by atoms with Gasteiger partial charge in [0.25, 0.3) is 0 Å². The van der Waals surface area contributed by atoms with Crippen molar-refractivity contribution in [2.45, 2.75) is 30.3 Å². The molecule has 2 heterocycles. The summed E-state index contributed by atoms with van der Waals surface area (Å²) in [6.45, 7) is 2.71. The lowest BCUT2D eigenvalue weighted by molar-refractivity contribution is 0.162. The second-order valence-corrected chi connectivity index (χ2v) is 9.15. The van der Waals surface area contributed by atoms with E-state index in [9.17, 15) is 5.26 Å². The van der Waals surface area contributed by atoms with Crippen LogP contribution in [0.3, 0.4) is 0 Å². The number of nitrogens with zero attached hydrogens (tertiary/aromatic N) is 3. The number of rotatable bonds is 11. The van der Waals surface area contributed by atoms with Crippen LogP contribution in [0.4, 0.5) is 11.6 Å². The van der Waals surface area contributed by atoms with Gasteiger partial charge in [-0.2, -0.15) is 5.26 Å². The van der Waals surface area contributed by atoms with Crippen LogP contribution < -0.4 is 24.8 Å². The van der Waals surface area contributed by atoms with Gasteiger partial charge in [-0.05, 0) is 80.7 Å². The Bertz CT molecular complexity index is 1200. The minimum absolute atomic E-state index is 0.122. The number of aliphatic hydroxyl groups is 1. The third-order valence-electron chi connectivity index (χ3n) is 5.67. The summed E-state index contributed by atoms with van der Waals surface area (Å²) in [6, 6.07) is 15.4. The molecule has 188 valence electrons. The van der Waals surface area contributed by atoms with Crippen LogP contribution in [0, 0.1) is 11.3 Å². The van der Waals surface area contributed by atoms with E-state index < -0.39 is 0 Å². The van der Waals surface area contributed by atoms with Crippen LogP contribution in [0.15, 0.2) is 53.6 Å². The molecule has 36 heavy (non-hydrogen) atoms. The number of hydrogen-bond donors (Lipinski definition) is 4. The number of aromatic nitrogens is 2. The lowest BCUT2D eigenvalue weighted by atomic mass is 10.1. The Kier molecular flexibility index (Phi) is 9.35. The minimum Gasteiger partial charge on any atom is -0.495 e. The van der Waals surface area contributed by atoms with Gasteiger partial charge in [-0.1, -0.05) is 0 Å². The minimum atomic E-state index is 0.122. The molecule has 10 heteroatoms. The summed E-state index contributed by atoms with van der Waals surface area (Å²) in [7, 11) is 1.62. The highest BCUT2D eigenvalue weighted by molar-refractivity contribution is 7.97. The fourth-order valence-electron chi connectivity index (χ4n) is 3.79. The predicted octanol–water partition coefficient (Wildman–Crippen LogP) is 3.88. The molecule has 9 nitrogen and oxygen atoms in total. The standard InChI is InChI=1S/C26H30N6O3S/c1-34-24-16-20(4-6-25(24)36-30-10-2-14-33)31-26-29-13-9-22(32-26)18-3-5-23(19(15-18)17-27)35-21-7-11-28-12-8-21/h3-6,9,13,15-16,21,28,30,33H,2,7-8,10-12,14H2,1H3,(H,29,31,32). The van der Waals surface area contributed by atoms with Gasteiger partial charge in [0, 0.05) is 36.7 Å². The first kappa shape index (κ1) is 25.7. The average Bonchev–Trinajstić information content (AvgIpc) is 2.92. The molecule has 4 rings (SSSR count). The van der Waals surface area contributed by atoms with Gasteiger partial charge in [0.15, 0.2) is 0 Å². The van der Waals surface area contributed by atoms with Gasteiger partial charge in [-0.15, -0.1) is 0 Å². The molecule has 0 aliphatic carbocycles. The third kappa shape index (κ3) is 6.86. The van der Waals surface area contributed by atoms with Crippen LogP contribution in [-0.2, 0) is 0 Å². The van der Waals surface area contributed by atoms with Crippen molar-refractivity contribution in [2.75, 3.05) is 38.7 Å². The van der Waals surface area contributed by atoms with Crippen LogP contribution in [0.25, 0.3) is 11.3 Å². The second kappa shape index (κ2) is 13.1. The maximum atomic E-state index is 9.70. The molecule has 1 aromatic heterocycles. The summed E-state index contributed by atoms with van der Waals surface area (Å²) in [5.74, 6) is 1.75. The van der Waals surface area contributed by atoms with Gasteiger partial charge in [0.2, 0.25) is 5.95 Å². The fraction of sp³-hybridized carbons (Fsp3) is 0.346. The lowest BCUT2D eigenvalue weighted by Gasteiger charge is -2.24. The molecular weight excluding hydrogens is 476 g/mol. The van der Waals surface area contributed by atoms with E-state index in [1.807, 2.05) is 36.4 Å². The predicted molar refractivity (Wildman–Crippen MR) is 141 cm³/mol. The van der Waals surface area contributed by atoms with Crippen LogP contribution in [0.1, 0.15) is 24.8 Å². The number of piperidine rings is 1. The number of anilines is 2. The molecule has 4 N–H and O–H groups in total. The Morgan fingerprint density at radius 3 is 2.81 bits per heavy atom. The van der Waals surface area contributed by atoms with E-state index in [4.69, 9.17) is 14.6 Å². The Balaban J connectivity index is 1.47. The normalized spacial score (nSPS) is 13.7. The summed E-state index contributed by atoms with van der Waals surface area (Å²) < 4.78 is 14.8. The van der Waals surface area contributed by atoms with Gasteiger partial charge < -0.3 is 25.2 Å². The number of benzene rings is 2. The number of nitrogens with one attached hydrogen (secondary N) is 3. The summed E-state index contributed by atoms with van der Waals surface area (Å²) in [6.07, 6.45) is 4.35. The molecule has 1 saturated heterocycles. The quantitative estimate of drug-likeness (QED) is 0.225. The van der Waals surface area contributed by atoms with Crippen molar-refractivity contribution in [3.63, 3.8) is 0 Å². The molecule has 0 radical (unpaired) electrons. The number of ether oxygens (including phenoxy) is 2. The number of nitriles is 1. The molecule has 0 atom stereocenters. The monoisotopic (exact) mass is 506 g/mol. The molecule has 0 bridgehead atoms. The Labute approximate surface area is 215 Å². The fourth-order valence-corrected chi connectivity index (χ4v) is 4.57. The molecule has 0 saturated carbocycles. The molecule has 3 aromatic rings. The zero-order valence-electron chi connectivity index (χ0n) is 20.2. The first-order valence-corrected chi connectivity index (χ1v) is 12.7.